The first-order valence-electron chi connectivity index (χ1n) is 14.6. The van der Waals surface area contributed by atoms with Crippen LogP contribution in [0.4, 0.5) is 23.2 Å². The highest BCUT2D eigenvalue weighted by Crippen LogP contribution is 2.66. The number of fused-ring (bicyclic) bond motifs is 4. The first kappa shape index (κ1) is 30.3. The molecule has 1 N–H and O–H groups in total. The molecule has 236 valence electrons. The number of pyridine rings is 1. The van der Waals surface area contributed by atoms with Gasteiger partial charge in [0.1, 0.15) is 23.9 Å². The summed E-state index contributed by atoms with van der Waals surface area (Å²) in [4.78, 5) is 45.0. The van der Waals surface area contributed by atoms with Gasteiger partial charge in [-0.15, -0.1) is 0 Å². The number of imide groups is 1. The second-order valence-corrected chi connectivity index (χ2v) is 13.1. The number of rotatable bonds is 7. The Morgan fingerprint density at radius 2 is 1.74 bits per heavy atom. The number of nitrogens with one attached hydrogen (secondary N) is 1. The van der Waals surface area contributed by atoms with Crippen LogP contribution in [0.3, 0.4) is 0 Å². The number of aromatic nitrogens is 3. The second-order valence-electron chi connectivity index (χ2n) is 12.3. The van der Waals surface area contributed by atoms with E-state index < -0.39 is 59.2 Å². The van der Waals surface area contributed by atoms with Gasteiger partial charge in [0.15, 0.2) is 0 Å². The van der Waals surface area contributed by atoms with Gasteiger partial charge < -0.3 is 5.32 Å². The molecule has 0 bridgehead atoms. The second kappa shape index (κ2) is 10.6. The van der Waals surface area contributed by atoms with Crippen LogP contribution in [0, 0.1) is 24.5 Å². The van der Waals surface area contributed by atoms with Crippen molar-refractivity contribution < 1.29 is 31.9 Å². The van der Waals surface area contributed by atoms with Gasteiger partial charge in [-0.3, -0.25) is 24.0 Å². The standard InChI is InChI=1S/C33H26BrF4N5O3/c1-16-27-29(33(37,38)25-7-8-32(25,27)2)42(41-16)15-26(44)40-24(11-17-9-18(35)12-19(36)10-17)28-23(34)13-20(14-39-28)43-30(45)21-5-3-4-6-22(21)31(43)46/h3-6,9-10,12-14,24-25H,7-8,11,15H2,1-2H3,(H,40,44). The first-order valence-corrected chi connectivity index (χ1v) is 15.4. The highest BCUT2D eigenvalue weighted by Gasteiger charge is 2.67. The fourth-order valence-electron chi connectivity index (χ4n) is 7.28. The van der Waals surface area contributed by atoms with Crippen molar-refractivity contribution in [3.05, 3.63) is 110 Å². The number of alkyl halides is 2. The number of hydrogen-bond donors (Lipinski definition) is 1. The van der Waals surface area contributed by atoms with E-state index in [1.807, 2.05) is 6.92 Å². The van der Waals surface area contributed by atoms with E-state index in [0.29, 0.717) is 24.1 Å². The fraction of sp³-hybridized carbons (Fsp3) is 0.303. The number of carbonyl (C=O) groups excluding carboxylic acids is 3. The van der Waals surface area contributed by atoms with Gasteiger partial charge in [-0.2, -0.15) is 13.9 Å². The Kier molecular flexibility index (Phi) is 6.96. The molecule has 8 nitrogen and oxygen atoms in total. The molecule has 2 aliphatic carbocycles. The normalized spacial score (nSPS) is 21.5. The number of nitrogens with zero attached hydrogens (tertiary/aromatic N) is 4. The predicted octanol–water partition coefficient (Wildman–Crippen LogP) is 6.30. The molecule has 2 aromatic carbocycles. The minimum Gasteiger partial charge on any atom is -0.346 e. The third-order valence-corrected chi connectivity index (χ3v) is 10.0. The van der Waals surface area contributed by atoms with E-state index in [1.54, 1.807) is 31.2 Å². The van der Waals surface area contributed by atoms with Crippen LogP contribution in [0.1, 0.15) is 74.7 Å². The number of aryl methyl sites for hydroxylation is 1. The Morgan fingerprint density at radius 1 is 1.09 bits per heavy atom. The van der Waals surface area contributed by atoms with Crippen LogP contribution in [0.5, 0.6) is 0 Å². The number of amides is 3. The fourth-order valence-corrected chi connectivity index (χ4v) is 7.90. The van der Waals surface area contributed by atoms with Crippen molar-refractivity contribution in [2.75, 3.05) is 4.90 Å². The highest BCUT2D eigenvalue weighted by molar-refractivity contribution is 9.10. The molecule has 1 aliphatic heterocycles. The number of halogens is 5. The maximum absolute atomic E-state index is 15.5. The van der Waals surface area contributed by atoms with E-state index in [0.717, 1.165) is 27.8 Å². The third-order valence-electron chi connectivity index (χ3n) is 9.40. The lowest BCUT2D eigenvalue weighted by atomic mass is 9.60. The Morgan fingerprint density at radius 3 is 2.33 bits per heavy atom. The van der Waals surface area contributed by atoms with Crippen molar-refractivity contribution in [3.8, 4) is 0 Å². The number of hydrogen-bond acceptors (Lipinski definition) is 5. The Hall–Kier alpha value is -4.39. The summed E-state index contributed by atoms with van der Waals surface area (Å²) in [5, 5.41) is 7.08. The molecule has 13 heteroatoms. The summed E-state index contributed by atoms with van der Waals surface area (Å²) >= 11 is 3.43. The summed E-state index contributed by atoms with van der Waals surface area (Å²) in [6.45, 7) is 2.95. The van der Waals surface area contributed by atoms with Gasteiger partial charge >= 0.3 is 0 Å². The summed E-state index contributed by atoms with van der Waals surface area (Å²) in [6.07, 6.45) is 2.16. The van der Waals surface area contributed by atoms with Crippen molar-refractivity contribution >= 4 is 39.3 Å². The number of benzene rings is 2. The summed E-state index contributed by atoms with van der Waals surface area (Å²) in [6, 6.07) is 9.83. The minimum absolute atomic E-state index is 0.120. The maximum atomic E-state index is 15.5. The quantitative estimate of drug-likeness (QED) is 0.181. The van der Waals surface area contributed by atoms with Gasteiger partial charge in [-0.25, -0.2) is 13.7 Å². The van der Waals surface area contributed by atoms with E-state index in [1.165, 1.54) is 12.3 Å². The summed E-state index contributed by atoms with van der Waals surface area (Å²) in [5.41, 5.74) is 1.07. The lowest BCUT2D eigenvalue weighted by Gasteiger charge is -2.44. The Balaban J connectivity index is 1.20. The molecule has 4 aromatic rings. The first-order chi connectivity index (χ1) is 21.8. The van der Waals surface area contributed by atoms with Gasteiger partial charge in [0.2, 0.25) is 5.91 Å². The molecule has 3 heterocycles. The Labute approximate surface area is 268 Å². The molecule has 0 saturated heterocycles. The molecule has 0 radical (unpaired) electrons. The molecule has 2 aromatic heterocycles. The third kappa shape index (κ3) is 4.57. The van der Waals surface area contributed by atoms with Crippen molar-refractivity contribution in [1.82, 2.24) is 20.1 Å². The number of anilines is 1. The molecule has 3 amide bonds. The van der Waals surface area contributed by atoms with Crippen LogP contribution >= 0.6 is 15.9 Å². The summed E-state index contributed by atoms with van der Waals surface area (Å²) < 4.78 is 60.6. The van der Waals surface area contributed by atoms with Gasteiger partial charge in [0.25, 0.3) is 17.7 Å². The minimum atomic E-state index is -3.15. The number of carbonyl (C=O) groups is 3. The van der Waals surface area contributed by atoms with E-state index in [9.17, 15) is 23.2 Å². The Bertz CT molecular complexity index is 1930. The molecule has 46 heavy (non-hydrogen) atoms. The van der Waals surface area contributed by atoms with Gasteiger partial charge in [0.05, 0.1) is 40.4 Å². The molecule has 3 aliphatic rings. The van der Waals surface area contributed by atoms with Gasteiger partial charge in [0, 0.05) is 27.4 Å². The van der Waals surface area contributed by atoms with Gasteiger partial charge in [-0.1, -0.05) is 19.1 Å². The zero-order valence-corrected chi connectivity index (χ0v) is 26.2. The molecule has 3 unspecified atom stereocenters. The average molecular weight is 696 g/mol. The van der Waals surface area contributed by atoms with Crippen LogP contribution in [-0.2, 0) is 29.1 Å². The highest BCUT2D eigenvalue weighted by atomic mass is 79.9. The van der Waals surface area contributed by atoms with E-state index >= 15 is 8.78 Å². The van der Waals surface area contributed by atoms with E-state index in [-0.39, 0.29) is 44.7 Å². The van der Waals surface area contributed by atoms with Crippen molar-refractivity contribution in [3.63, 3.8) is 0 Å². The molecule has 7 rings (SSSR count). The van der Waals surface area contributed by atoms with Crippen molar-refractivity contribution in [1.29, 1.82) is 0 Å². The molecule has 1 fully saturated rings. The summed E-state index contributed by atoms with van der Waals surface area (Å²) in [5.74, 6) is -7.36. The largest absolute Gasteiger partial charge is 0.346 e. The molecule has 3 atom stereocenters. The van der Waals surface area contributed by atoms with Crippen molar-refractivity contribution in [2.45, 2.75) is 57.0 Å². The smallest absolute Gasteiger partial charge is 0.293 e. The molecular formula is C33H26BrF4N5O3. The van der Waals surface area contributed by atoms with Crippen LogP contribution < -0.4 is 10.2 Å². The molecular weight excluding hydrogens is 670 g/mol. The van der Waals surface area contributed by atoms with Crippen LogP contribution in [0.15, 0.2) is 59.2 Å². The lowest BCUT2D eigenvalue weighted by Crippen LogP contribution is -2.44. The van der Waals surface area contributed by atoms with Crippen molar-refractivity contribution in [2.24, 2.45) is 5.92 Å². The maximum Gasteiger partial charge on any atom is 0.293 e. The lowest BCUT2D eigenvalue weighted by molar-refractivity contribution is -0.124. The van der Waals surface area contributed by atoms with E-state index in [4.69, 9.17) is 0 Å². The summed E-state index contributed by atoms with van der Waals surface area (Å²) in [7, 11) is 0. The monoisotopic (exact) mass is 695 g/mol. The predicted molar refractivity (Wildman–Crippen MR) is 161 cm³/mol. The molecule has 0 spiro atoms. The van der Waals surface area contributed by atoms with E-state index in [2.05, 4.69) is 31.3 Å². The zero-order valence-electron chi connectivity index (χ0n) is 24.6. The average Bonchev–Trinajstić information content (AvgIpc) is 3.47. The van der Waals surface area contributed by atoms with Crippen LogP contribution in [-0.4, -0.2) is 32.5 Å². The van der Waals surface area contributed by atoms with Crippen LogP contribution in [0.2, 0.25) is 0 Å². The zero-order chi connectivity index (χ0) is 32.7. The topological polar surface area (TPSA) is 97.2 Å². The van der Waals surface area contributed by atoms with Crippen LogP contribution in [0.25, 0.3) is 0 Å². The SMILES string of the molecule is Cc1nn(CC(=O)NC(Cc2cc(F)cc(F)c2)c2ncc(N3C(=O)c4ccccc4C3=O)cc2Br)c2c1C1(C)CCC1C2(F)F. The molecule has 1 saturated carbocycles. The van der Waals surface area contributed by atoms with Gasteiger partial charge in [-0.05, 0) is 78.0 Å².